The van der Waals surface area contributed by atoms with Crippen LogP contribution in [0.4, 0.5) is 4.39 Å². The van der Waals surface area contributed by atoms with E-state index in [1.54, 1.807) is 12.1 Å². The molecule has 0 atom stereocenters. The minimum atomic E-state index is -0.617. The Morgan fingerprint density at radius 3 is 2.29 bits per heavy atom. The zero-order chi connectivity index (χ0) is 20.7. The van der Waals surface area contributed by atoms with E-state index in [-0.39, 0.29) is 29.9 Å². The van der Waals surface area contributed by atoms with Gasteiger partial charge in [-0.15, -0.1) is 0 Å². The highest BCUT2D eigenvalue weighted by Gasteiger charge is 2.15. The lowest BCUT2D eigenvalue weighted by Crippen LogP contribution is -2.27. The molecule has 0 spiro atoms. The fourth-order valence-electron chi connectivity index (χ4n) is 2.47. The molecule has 0 radical (unpaired) electrons. The smallest absolute Gasteiger partial charge is 0.308 e. The van der Waals surface area contributed by atoms with Crippen LogP contribution in [0.25, 0.3) is 0 Å². The van der Waals surface area contributed by atoms with E-state index in [9.17, 15) is 18.8 Å². The summed E-state index contributed by atoms with van der Waals surface area (Å²) in [4.78, 5) is 35.7. The van der Waals surface area contributed by atoms with Crippen molar-refractivity contribution in [3.8, 4) is 0 Å². The zero-order valence-electron chi connectivity index (χ0n) is 16.3. The fourth-order valence-corrected chi connectivity index (χ4v) is 2.47. The Balaban J connectivity index is 1.74. The quantitative estimate of drug-likeness (QED) is 0.583. The van der Waals surface area contributed by atoms with Crippen molar-refractivity contribution in [2.24, 2.45) is 0 Å². The number of ketones is 1. The van der Waals surface area contributed by atoms with Gasteiger partial charge < -0.3 is 10.1 Å². The van der Waals surface area contributed by atoms with Crippen molar-refractivity contribution in [1.29, 1.82) is 0 Å². The van der Waals surface area contributed by atoms with Crippen LogP contribution in [0.2, 0.25) is 0 Å². The largest absolute Gasteiger partial charge is 0.457 e. The zero-order valence-corrected chi connectivity index (χ0v) is 16.3. The number of hydrogen-bond acceptors (Lipinski definition) is 4. The van der Waals surface area contributed by atoms with Gasteiger partial charge >= 0.3 is 5.97 Å². The highest BCUT2D eigenvalue weighted by Crippen LogP contribution is 2.22. The maximum absolute atomic E-state index is 13.1. The van der Waals surface area contributed by atoms with Gasteiger partial charge in [0.1, 0.15) is 5.82 Å². The van der Waals surface area contributed by atoms with Crippen LogP contribution in [0.3, 0.4) is 0 Å². The molecular weight excluding hydrogens is 361 g/mol. The van der Waals surface area contributed by atoms with E-state index in [2.05, 4.69) is 26.1 Å². The van der Waals surface area contributed by atoms with Gasteiger partial charge in [0.15, 0.2) is 12.4 Å². The summed E-state index contributed by atoms with van der Waals surface area (Å²) in [6.07, 6.45) is -0.0672. The first-order valence-corrected chi connectivity index (χ1v) is 9.00. The number of halogens is 1. The van der Waals surface area contributed by atoms with E-state index >= 15 is 0 Å². The number of carbonyl (C=O) groups excluding carboxylic acids is 3. The summed E-state index contributed by atoms with van der Waals surface area (Å²) in [5.74, 6) is -1.93. The van der Waals surface area contributed by atoms with Crippen molar-refractivity contribution in [1.82, 2.24) is 5.32 Å². The third-order valence-electron chi connectivity index (χ3n) is 4.14. The number of benzene rings is 2. The molecule has 0 unspecified atom stereocenters. The first-order chi connectivity index (χ1) is 13.2. The van der Waals surface area contributed by atoms with Crippen LogP contribution in [0.1, 0.15) is 53.5 Å². The van der Waals surface area contributed by atoms with Crippen LogP contribution in [0.15, 0.2) is 48.5 Å². The van der Waals surface area contributed by atoms with E-state index in [1.165, 1.54) is 18.2 Å². The first kappa shape index (κ1) is 21.3. The van der Waals surface area contributed by atoms with E-state index in [1.807, 2.05) is 12.1 Å². The number of rotatable bonds is 7. The third kappa shape index (κ3) is 6.30. The van der Waals surface area contributed by atoms with Gasteiger partial charge in [-0.3, -0.25) is 14.4 Å². The number of ether oxygens (including phenoxy) is 1. The summed E-state index contributed by atoms with van der Waals surface area (Å²) in [7, 11) is 0. The number of amides is 1. The fraction of sp³-hybridized carbons (Fsp3) is 0.318. The molecule has 0 bridgehead atoms. The summed E-state index contributed by atoms with van der Waals surface area (Å²) in [5.41, 5.74) is 1.76. The van der Waals surface area contributed by atoms with Crippen molar-refractivity contribution in [2.75, 3.05) is 13.2 Å². The number of Topliss-reactive ketones (excluding diaryl/α,β-unsaturated/α-hetero) is 1. The van der Waals surface area contributed by atoms with Crippen LogP contribution in [-0.2, 0) is 14.9 Å². The molecule has 5 nitrogen and oxygen atoms in total. The van der Waals surface area contributed by atoms with Crippen molar-refractivity contribution >= 4 is 17.7 Å². The molecule has 2 rings (SSSR count). The number of hydrogen-bond donors (Lipinski definition) is 1. The third-order valence-corrected chi connectivity index (χ3v) is 4.14. The van der Waals surface area contributed by atoms with Crippen LogP contribution in [0.5, 0.6) is 0 Å². The molecule has 148 valence electrons. The van der Waals surface area contributed by atoms with E-state index in [0.29, 0.717) is 5.56 Å². The van der Waals surface area contributed by atoms with Gasteiger partial charge in [0.25, 0.3) is 5.91 Å². The molecule has 0 aliphatic heterocycles. The van der Waals surface area contributed by atoms with Gasteiger partial charge in [0.05, 0.1) is 6.42 Å². The van der Waals surface area contributed by atoms with Crippen molar-refractivity contribution in [2.45, 2.75) is 32.6 Å². The molecule has 6 heteroatoms. The average Bonchev–Trinajstić information content (AvgIpc) is 2.65. The summed E-state index contributed by atoms with van der Waals surface area (Å²) in [5, 5.41) is 2.64. The van der Waals surface area contributed by atoms with Gasteiger partial charge in [0.2, 0.25) is 0 Å². The van der Waals surface area contributed by atoms with Crippen LogP contribution in [-0.4, -0.2) is 30.8 Å². The lowest BCUT2D eigenvalue weighted by Gasteiger charge is -2.19. The molecule has 2 aromatic rings. The standard InChI is InChI=1S/C22H24FNO4/c1-22(2,3)17-9-7-15(8-10-17)21(27)24-12-11-20(26)28-14-19(25)16-5-4-6-18(23)13-16/h4-10,13H,11-12,14H2,1-3H3,(H,24,27). The minimum Gasteiger partial charge on any atom is -0.457 e. The molecule has 1 amide bonds. The SMILES string of the molecule is CC(C)(C)c1ccc(C(=O)NCCC(=O)OCC(=O)c2cccc(F)c2)cc1. The Kier molecular flexibility index (Phi) is 7.04. The van der Waals surface area contributed by atoms with Gasteiger partial charge in [0, 0.05) is 17.7 Å². The molecule has 2 aromatic carbocycles. The first-order valence-electron chi connectivity index (χ1n) is 9.00. The monoisotopic (exact) mass is 385 g/mol. The Labute approximate surface area is 163 Å². The Bertz CT molecular complexity index is 854. The topological polar surface area (TPSA) is 72.5 Å². The van der Waals surface area contributed by atoms with E-state index in [4.69, 9.17) is 4.74 Å². The second-order valence-electron chi connectivity index (χ2n) is 7.43. The molecule has 0 fully saturated rings. The highest BCUT2D eigenvalue weighted by molar-refractivity contribution is 5.98. The minimum absolute atomic E-state index is 0.00170. The molecule has 0 saturated carbocycles. The second-order valence-corrected chi connectivity index (χ2v) is 7.43. The number of esters is 1. The number of carbonyl (C=O) groups is 3. The summed E-state index contributed by atoms with van der Waals surface area (Å²) >= 11 is 0. The molecule has 28 heavy (non-hydrogen) atoms. The molecule has 0 aromatic heterocycles. The normalized spacial score (nSPS) is 11.0. The Morgan fingerprint density at radius 1 is 1.00 bits per heavy atom. The van der Waals surface area contributed by atoms with Crippen molar-refractivity contribution in [3.63, 3.8) is 0 Å². The number of nitrogens with one attached hydrogen (secondary N) is 1. The van der Waals surface area contributed by atoms with Crippen molar-refractivity contribution in [3.05, 3.63) is 71.0 Å². The lowest BCUT2D eigenvalue weighted by atomic mass is 9.87. The summed E-state index contributed by atoms with van der Waals surface area (Å²) in [6.45, 7) is 5.89. The maximum Gasteiger partial charge on any atom is 0.308 e. The second kappa shape index (κ2) is 9.26. The van der Waals surface area contributed by atoms with Gasteiger partial charge in [-0.25, -0.2) is 4.39 Å². The van der Waals surface area contributed by atoms with Gasteiger partial charge in [-0.1, -0.05) is 45.0 Å². The molecular formula is C22H24FNO4. The van der Waals surface area contributed by atoms with Crippen molar-refractivity contribution < 1.29 is 23.5 Å². The summed E-state index contributed by atoms with van der Waals surface area (Å²) in [6, 6.07) is 12.5. The Hall–Kier alpha value is -3.02. The maximum atomic E-state index is 13.1. The van der Waals surface area contributed by atoms with Gasteiger partial charge in [-0.2, -0.15) is 0 Å². The Morgan fingerprint density at radius 2 is 1.68 bits per heavy atom. The molecule has 1 N–H and O–H groups in total. The highest BCUT2D eigenvalue weighted by atomic mass is 19.1. The van der Waals surface area contributed by atoms with E-state index < -0.39 is 24.2 Å². The van der Waals surface area contributed by atoms with Gasteiger partial charge in [-0.05, 0) is 35.2 Å². The molecule has 0 aliphatic carbocycles. The lowest BCUT2D eigenvalue weighted by molar-refractivity contribution is -0.142. The van der Waals surface area contributed by atoms with Crippen LogP contribution < -0.4 is 5.32 Å². The van der Waals surface area contributed by atoms with Crippen LogP contribution >= 0.6 is 0 Å². The molecule has 0 aliphatic rings. The van der Waals surface area contributed by atoms with Crippen LogP contribution in [0, 0.1) is 5.82 Å². The van der Waals surface area contributed by atoms with E-state index in [0.717, 1.165) is 11.6 Å². The molecule has 0 heterocycles. The average molecular weight is 385 g/mol. The molecule has 0 saturated heterocycles. The predicted molar refractivity (Wildman–Crippen MR) is 104 cm³/mol. The summed E-state index contributed by atoms with van der Waals surface area (Å²) < 4.78 is 18.0. The predicted octanol–water partition coefficient (Wildman–Crippen LogP) is 3.67.